The maximum absolute atomic E-state index is 12.7. The Morgan fingerprint density at radius 2 is 1.63 bits per heavy atom. The minimum atomic E-state index is -4.38. The van der Waals surface area contributed by atoms with E-state index in [4.69, 9.17) is 0 Å². The lowest BCUT2D eigenvalue weighted by atomic mass is 10.00. The second kappa shape index (κ2) is 3.98. The van der Waals surface area contributed by atoms with Gasteiger partial charge in [0.05, 0.1) is 5.57 Å². The Bertz CT molecular complexity index is 666. The van der Waals surface area contributed by atoms with Gasteiger partial charge in [-0.2, -0.15) is 13.2 Å². The van der Waals surface area contributed by atoms with E-state index in [1.165, 1.54) is 6.07 Å². The van der Waals surface area contributed by atoms with Crippen molar-refractivity contribution in [3.05, 3.63) is 65.7 Å². The lowest BCUT2D eigenvalue weighted by Gasteiger charge is -2.11. The van der Waals surface area contributed by atoms with E-state index in [2.05, 4.69) is 6.58 Å². The summed E-state index contributed by atoms with van der Waals surface area (Å²) < 4.78 is 38.0. The fourth-order valence-corrected chi connectivity index (χ4v) is 2.50. The average Bonchev–Trinajstić information content (AvgIpc) is 2.74. The topological polar surface area (TPSA) is 0 Å². The van der Waals surface area contributed by atoms with E-state index in [0.717, 1.165) is 22.3 Å². The van der Waals surface area contributed by atoms with Gasteiger partial charge in [0.25, 0.3) is 0 Å². The van der Waals surface area contributed by atoms with Crippen LogP contribution in [0, 0.1) is 0 Å². The molecule has 0 nitrogen and oxygen atoms in total. The van der Waals surface area contributed by atoms with Crippen LogP contribution in [0.3, 0.4) is 0 Å². The molecule has 0 saturated heterocycles. The van der Waals surface area contributed by atoms with Crippen molar-refractivity contribution in [2.75, 3.05) is 0 Å². The van der Waals surface area contributed by atoms with Gasteiger partial charge < -0.3 is 0 Å². The zero-order chi connectivity index (χ0) is 13.6. The van der Waals surface area contributed by atoms with Crippen LogP contribution in [-0.2, 0) is 6.42 Å². The molecule has 0 bridgehead atoms. The van der Waals surface area contributed by atoms with Gasteiger partial charge in [0.1, 0.15) is 0 Å². The van der Waals surface area contributed by atoms with Gasteiger partial charge in [0.2, 0.25) is 0 Å². The molecule has 1 aliphatic rings. The molecule has 19 heavy (non-hydrogen) atoms. The zero-order valence-electron chi connectivity index (χ0n) is 10.1. The molecule has 0 fully saturated rings. The van der Waals surface area contributed by atoms with Crippen molar-refractivity contribution in [3.63, 3.8) is 0 Å². The highest BCUT2D eigenvalue weighted by Crippen LogP contribution is 2.39. The summed E-state index contributed by atoms with van der Waals surface area (Å²) in [6.07, 6.45) is -3.69. The third kappa shape index (κ3) is 1.95. The number of rotatable bonds is 1. The number of hydrogen-bond acceptors (Lipinski definition) is 0. The summed E-state index contributed by atoms with van der Waals surface area (Å²) >= 11 is 0. The fraction of sp³-hybridized carbons (Fsp3) is 0.125. The Hall–Kier alpha value is -2.03. The molecule has 0 spiro atoms. The summed E-state index contributed by atoms with van der Waals surface area (Å²) in [4.78, 5) is 0. The van der Waals surface area contributed by atoms with Crippen LogP contribution in [0.1, 0.15) is 16.7 Å². The van der Waals surface area contributed by atoms with Crippen LogP contribution < -0.4 is 0 Å². The number of benzene rings is 2. The van der Waals surface area contributed by atoms with Crippen molar-refractivity contribution in [1.82, 2.24) is 0 Å². The van der Waals surface area contributed by atoms with Crippen LogP contribution in [0.25, 0.3) is 16.7 Å². The largest absolute Gasteiger partial charge is 0.416 e. The molecule has 2 aromatic carbocycles. The molecule has 0 N–H and O–H groups in total. The monoisotopic (exact) mass is 260 g/mol. The van der Waals surface area contributed by atoms with Gasteiger partial charge in [-0.15, -0.1) is 0 Å². The SMILES string of the molecule is C=C(c1ccc2c(c1)Cc1ccccc1-2)C(F)(F)F. The van der Waals surface area contributed by atoms with Crippen LogP contribution in [0.5, 0.6) is 0 Å². The molecule has 96 valence electrons. The second-order valence-electron chi connectivity index (χ2n) is 4.68. The van der Waals surface area contributed by atoms with E-state index in [9.17, 15) is 13.2 Å². The van der Waals surface area contributed by atoms with E-state index in [-0.39, 0.29) is 5.56 Å². The third-order valence-electron chi connectivity index (χ3n) is 3.48. The van der Waals surface area contributed by atoms with E-state index in [0.29, 0.717) is 6.42 Å². The number of allylic oxidation sites excluding steroid dienone is 1. The molecule has 3 heteroatoms. The molecule has 0 saturated carbocycles. The Morgan fingerprint density at radius 1 is 0.947 bits per heavy atom. The molecular weight excluding hydrogens is 249 g/mol. The first-order chi connectivity index (χ1) is 8.97. The molecule has 0 amide bonds. The number of halogens is 3. The highest BCUT2D eigenvalue weighted by atomic mass is 19.4. The molecule has 1 aliphatic carbocycles. The first-order valence-corrected chi connectivity index (χ1v) is 5.94. The van der Waals surface area contributed by atoms with Crippen LogP contribution in [0.15, 0.2) is 49.0 Å². The zero-order valence-corrected chi connectivity index (χ0v) is 10.1. The maximum atomic E-state index is 12.7. The molecule has 3 rings (SSSR count). The summed E-state index contributed by atoms with van der Waals surface area (Å²) in [5.74, 6) is 0. The van der Waals surface area contributed by atoms with Gasteiger partial charge in [-0.3, -0.25) is 0 Å². The van der Waals surface area contributed by atoms with Crippen molar-refractivity contribution in [2.24, 2.45) is 0 Å². The summed E-state index contributed by atoms with van der Waals surface area (Å²) in [6.45, 7) is 3.15. The Balaban J connectivity index is 2.05. The molecule has 0 aliphatic heterocycles. The van der Waals surface area contributed by atoms with E-state index in [1.54, 1.807) is 12.1 Å². The van der Waals surface area contributed by atoms with Gasteiger partial charge in [-0.05, 0) is 34.2 Å². The first-order valence-electron chi connectivity index (χ1n) is 5.94. The molecule has 0 unspecified atom stereocenters. The summed E-state index contributed by atoms with van der Waals surface area (Å²) in [5.41, 5.74) is 3.60. The Kier molecular flexibility index (Phi) is 2.52. The number of fused-ring (bicyclic) bond motifs is 3. The van der Waals surface area contributed by atoms with Gasteiger partial charge in [0.15, 0.2) is 0 Å². The molecule has 0 heterocycles. The minimum absolute atomic E-state index is 0.152. The van der Waals surface area contributed by atoms with Crippen molar-refractivity contribution >= 4 is 5.57 Å². The first kappa shape index (κ1) is 12.0. The number of hydrogen-bond donors (Lipinski definition) is 0. The number of alkyl halides is 3. The van der Waals surface area contributed by atoms with Crippen molar-refractivity contribution in [2.45, 2.75) is 12.6 Å². The van der Waals surface area contributed by atoms with Gasteiger partial charge in [-0.1, -0.05) is 49.0 Å². The predicted molar refractivity (Wildman–Crippen MR) is 69.8 cm³/mol. The lowest BCUT2D eigenvalue weighted by molar-refractivity contribution is -0.0686. The van der Waals surface area contributed by atoms with E-state index >= 15 is 0 Å². The smallest absolute Gasteiger partial charge is 0.166 e. The fourth-order valence-electron chi connectivity index (χ4n) is 2.50. The molecular formula is C16H11F3. The van der Waals surface area contributed by atoms with Crippen LogP contribution in [-0.4, -0.2) is 6.18 Å². The summed E-state index contributed by atoms with van der Waals surface area (Å²) in [7, 11) is 0. The highest BCUT2D eigenvalue weighted by molar-refractivity contribution is 5.79. The molecule has 0 radical (unpaired) electrons. The van der Waals surface area contributed by atoms with Gasteiger partial charge in [0, 0.05) is 0 Å². The maximum Gasteiger partial charge on any atom is 0.416 e. The predicted octanol–water partition coefficient (Wildman–Crippen LogP) is 4.83. The second-order valence-corrected chi connectivity index (χ2v) is 4.68. The van der Waals surface area contributed by atoms with Gasteiger partial charge in [-0.25, -0.2) is 0 Å². The Morgan fingerprint density at radius 3 is 2.37 bits per heavy atom. The van der Waals surface area contributed by atoms with E-state index < -0.39 is 11.7 Å². The van der Waals surface area contributed by atoms with Gasteiger partial charge >= 0.3 is 6.18 Å². The Labute approximate surface area is 109 Å². The summed E-state index contributed by atoms with van der Waals surface area (Å²) in [6, 6.07) is 12.7. The van der Waals surface area contributed by atoms with Crippen LogP contribution in [0.2, 0.25) is 0 Å². The standard InChI is InChI=1S/C16H11F3/c1-10(16(17,18)19)11-6-7-15-13(8-11)9-12-4-2-3-5-14(12)15/h2-8H,1,9H2. The van der Waals surface area contributed by atoms with Crippen molar-refractivity contribution < 1.29 is 13.2 Å². The highest BCUT2D eigenvalue weighted by Gasteiger charge is 2.33. The third-order valence-corrected chi connectivity index (χ3v) is 3.48. The van der Waals surface area contributed by atoms with Crippen LogP contribution >= 0.6 is 0 Å². The normalized spacial score (nSPS) is 13.0. The minimum Gasteiger partial charge on any atom is -0.166 e. The van der Waals surface area contributed by atoms with Crippen molar-refractivity contribution in [1.29, 1.82) is 0 Å². The molecule has 0 atom stereocenters. The summed E-state index contributed by atoms with van der Waals surface area (Å²) in [5, 5.41) is 0. The van der Waals surface area contributed by atoms with Crippen molar-refractivity contribution in [3.8, 4) is 11.1 Å². The quantitative estimate of drug-likeness (QED) is 0.587. The molecule has 2 aromatic rings. The average molecular weight is 260 g/mol. The van der Waals surface area contributed by atoms with E-state index in [1.807, 2.05) is 24.3 Å². The van der Waals surface area contributed by atoms with Crippen LogP contribution in [0.4, 0.5) is 13.2 Å². The molecule has 0 aromatic heterocycles. The lowest BCUT2D eigenvalue weighted by Crippen LogP contribution is -2.09.